The molecule has 0 aliphatic carbocycles. The summed E-state index contributed by atoms with van der Waals surface area (Å²) in [6, 6.07) is 7.44. The Kier molecular flexibility index (Phi) is 5.55. The maximum Gasteiger partial charge on any atom is 0.317 e. The van der Waals surface area contributed by atoms with Crippen molar-refractivity contribution >= 4 is 34.1 Å². The van der Waals surface area contributed by atoms with Gasteiger partial charge in [-0.2, -0.15) is 0 Å². The molecule has 0 bridgehead atoms. The van der Waals surface area contributed by atoms with Gasteiger partial charge in [-0.05, 0) is 17.7 Å². The second-order valence-corrected chi connectivity index (χ2v) is 6.84. The Bertz CT molecular complexity index is 692. The first-order chi connectivity index (χ1) is 11.6. The summed E-state index contributed by atoms with van der Waals surface area (Å²) < 4.78 is 5.77. The lowest BCUT2D eigenvalue weighted by molar-refractivity contribution is -0.0153. The molecule has 3 N–H and O–H groups in total. The van der Waals surface area contributed by atoms with Crippen molar-refractivity contribution in [2.75, 3.05) is 32.0 Å². The van der Waals surface area contributed by atoms with Gasteiger partial charge in [0.15, 0.2) is 5.13 Å². The number of nitrogen functional groups attached to an aromatic ring is 1. The number of amides is 2. The third-order valence-corrected chi connectivity index (χ3v) is 4.80. The summed E-state index contributed by atoms with van der Waals surface area (Å²) in [5, 5.41) is 6.07. The number of ether oxygens (including phenoxy) is 1. The number of thiazole rings is 1. The third kappa shape index (κ3) is 4.37. The summed E-state index contributed by atoms with van der Waals surface area (Å²) in [4.78, 5) is 18.3. The second-order valence-electron chi connectivity index (χ2n) is 5.52. The number of benzene rings is 1. The normalized spacial score (nSPS) is 17.7. The van der Waals surface area contributed by atoms with Gasteiger partial charge in [0.1, 0.15) is 6.10 Å². The minimum Gasteiger partial charge on any atom is -0.375 e. The van der Waals surface area contributed by atoms with Crippen LogP contribution in [0.25, 0.3) is 0 Å². The molecule has 24 heavy (non-hydrogen) atoms. The molecule has 0 saturated carbocycles. The molecule has 1 aliphatic rings. The summed E-state index contributed by atoms with van der Waals surface area (Å²) in [7, 11) is 0. The summed E-state index contributed by atoms with van der Waals surface area (Å²) in [6.07, 6.45) is 0.546. The molecular formula is C16H19ClN4O2S. The van der Waals surface area contributed by atoms with E-state index in [1.165, 1.54) is 11.3 Å². The minimum atomic E-state index is -0.125. The van der Waals surface area contributed by atoms with Crippen molar-refractivity contribution in [3.63, 3.8) is 0 Å². The molecule has 1 aromatic carbocycles. The molecule has 128 valence electrons. The highest BCUT2D eigenvalue weighted by Crippen LogP contribution is 2.23. The Morgan fingerprint density at radius 1 is 1.46 bits per heavy atom. The number of hydrogen-bond donors (Lipinski definition) is 2. The van der Waals surface area contributed by atoms with Crippen LogP contribution in [0, 0.1) is 0 Å². The van der Waals surface area contributed by atoms with E-state index in [0.29, 0.717) is 42.8 Å². The number of rotatable bonds is 4. The zero-order valence-electron chi connectivity index (χ0n) is 13.1. The van der Waals surface area contributed by atoms with Crippen LogP contribution in [0.4, 0.5) is 9.93 Å². The fourth-order valence-electron chi connectivity index (χ4n) is 2.56. The fourth-order valence-corrected chi connectivity index (χ4v) is 3.28. The molecule has 0 radical (unpaired) electrons. The highest BCUT2D eigenvalue weighted by molar-refractivity contribution is 7.13. The highest BCUT2D eigenvalue weighted by atomic mass is 35.5. The number of morpholine rings is 1. The molecule has 1 atom stereocenters. The molecule has 0 spiro atoms. The Labute approximate surface area is 149 Å². The van der Waals surface area contributed by atoms with Crippen LogP contribution in [0.15, 0.2) is 29.6 Å². The number of aromatic nitrogens is 1. The zero-order chi connectivity index (χ0) is 16.9. The molecule has 0 unspecified atom stereocenters. The molecule has 2 amide bonds. The van der Waals surface area contributed by atoms with E-state index in [9.17, 15) is 4.79 Å². The third-order valence-electron chi connectivity index (χ3n) is 3.82. The second kappa shape index (κ2) is 7.83. The predicted molar refractivity (Wildman–Crippen MR) is 95.3 cm³/mol. The summed E-state index contributed by atoms with van der Waals surface area (Å²) >= 11 is 7.32. The van der Waals surface area contributed by atoms with Gasteiger partial charge in [0.05, 0.1) is 18.8 Å². The highest BCUT2D eigenvalue weighted by Gasteiger charge is 2.25. The number of carbonyl (C=O) groups is 1. The maximum absolute atomic E-state index is 12.3. The van der Waals surface area contributed by atoms with Crippen LogP contribution in [-0.4, -0.2) is 42.2 Å². The molecular weight excluding hydrogens is 348 g/mol. The Morgan fingerprint density at radius 2 is 2.25 bits per heavy atom. The van der Waals surface area contributed by atoms with Crippen molar-refractivity contribution in [2.45, 2.75) is 12.5 Å². The molecule has 2 heterocycles. The van der Waals surface area contributed by atoms with E-state index < -0.39 is 0 Å². The smallest absolute Gasteiger partial charge is 0.317 e. The number of halogens is 1. The molecule has 8 heteroatoms. The van der Waals surface area contributed by atoms with E-state index in [1.807, 2.05) is 29.6 Å². The van der Waals surface area contributed by atoms with Crippen molar-refractivity contribution in [3.8, 4) is 0 Å². The number of nitrogens with one attached hydrogen (secondary N) is 1. The van der Waals surface area contributed by atoms with Crippen LogP contribution in [0.5, 0.6) is 0 Å². The number of nitrogens with zero attached hydrogens (tertiary/aromatic N) is 2. The summed E-state index contributed by atoms with van der Waals surface area (Å²) in [6.45, 7) is 2.16. The topological polar surface area (TPSA) is 80.5 Å². The predicted octanol–water partition coefficient (Wildman–Crippen LogP) is 2.70. The number of nitrogens with two attached hydrogens (primary N) is 1. The lowest BCUT2D eigenvalue weighted by atomic mass is 10.1. The van der Waals surface area contributed by atoms with Crippen molar-refractivity contribution in [3.05, 3.63) is 45.9 Å². The van der Waals surface area contributed by atoms with E-state index in [4.69, 9.17) is 22.1 Å². The van der Waals surface area contributed by atoms with E-state index in [0.717, 1.165) is 11.3 Å². The van der Waals surface area contributed by atoms with Crippen LogP contribution < -0.4 is 11.1 Å². The first-order valence-electron chi connectivity index (χ1n) is 7.71. The average molecular weight is 367 g/mol. The Balaban J connectivity index is 1.50. The molecule has 3 rings (SSSR count). The SMILES string of the molecule is Nc1nc(CCNC(=O)N2CCO[C@H](c3ccc(Cl)cc3)C2)cs1. The van der Waals surface area contributed by atoms with Gasteiger partial charge >= 0.3 is 6.03 Å². The van der Waals surface area contributed by atoms with Gasteiger partial charge in [-0.15, -0.1) is 11.3 Å². The van der Waals surface area contributed by atoms with E-state index in [-0.39, 0.29) is 12.1 Å². The maximum atomic E-state index is 12.3. The van der Waals surface area contributed by atoms with Gasteiger partial charge in [-0.1, -0.05) is 23.7 Å². The molecule has 6 nitrogen and oxygen atoms in total. The average Bonchev–Trinajstić information content (AvgIpc) is 3.01. The standard InChI is InChI=1S/C16H19ClN4O2S/c17-12-3-1-11(2-4-12)14-9-21(7-8-23-14)16(22)19-6-5-13-10-24-15(18)20-13/h1-4,10,14H,5-9H2,(H2,18,20)(H,19,22)/t14-/m0/s1. The van der Waals surface area contributed by atoms with Crippen LogP contribution in [-0.2, 0) is 11.2 Å². The monoisotopic (exact) mass is 366 g/mol. The quantitative estimate of drug-likeness (QED) is 0.871. The van der Waals surface area contributed by atoms with E-state index in [1.54, 1.807) is 4.90 Å². The van der Waals surface area contributed by atoms with Crippen molar-refractivity contribution < 1.29 is 9.53 Å². The summed E-state index contributed by atoms with van der Waals surface area (Å²) in [5.41, 5.74) is 7.52. The van der Waals surface area contributed by atoms with Crippen LogP contribution in [0.3, 0.4) is 0 Å². The number of hydrogen-bond acceptors (Lipinski definition) is 5. The largest absolute Gasteiger partial charge is 0.375 e. The Hall–Kier alpha value is -1.83. The van der Waals surface area contributed by atoms with Gasteiger partial charge in [0, 0.05) is 29.9 Å². The minimum absolute atomic E-state index is 0.0829. The van der Waals surface area contributed by atoms with Crippen LogP contribution >= 0.6 is 22.9 Å². The van der Waals surface area contributed by atoms with E-state index in [2.05, 4.69) is 10.3 Å². The van der Waals surface area contributed by atoms with Crippen molar-refractivity contribution in [1.29, 1.82) is 0 Å². The molecule has 1 saturated heterocycles. The molecule has 1 aliphatic heterocycles. The number of carbonyl (C=O) groups excluding carboxylic acids is 1. The lowest BCUT2D eigenvalue weighted by Gasteiger charge is -2.33. The van der Waals surface area contributed by atoms with Crippen LogP contribution in [0.1, 0.15) is 17.4 Å². The van der Waals surface area contributed by atoms with Gasteiger partial charge < -0.3 is 20.7 Å². The first-order valence-corrected chi connectivity index (χ1v) is 8.97. The molecule has 1 fully saturated rings. The van der Waals surface area contributed by atoms with E-state index >= 15 is 0 Å². The summed E-state index contributed by atoms with van der Waals surface area (Å²) in [5.74, 6) is 0. The van der Waals surface area contributed by atoms with Gasteiger partial charge in [0.25, 0.3) is 0 Å². The Morgan fingerprint density at radius 3 is 2.96 bits per heavy atom. The van der Waals surface area contributed by atoms with Crippen molar-refractivity contribution in [2.24, 2.45) is 0 Å². The fraction of sp³-hybridized carbons (Fsp3) is 0.375. The molecule has 1 aromatic heterocycles. The lowest BCUT2D eigenvalue weighted by Crippen LogP contribution is -2.47. The van der Waals surface area contributed by atoms with Crippen LogP contribution in [0.2, 0.25) is 5.02 Å². The number of urea groups is 1. The zero-order valence-corrected chi connectivity index (χ0v) is 14.6. The van der Waals surface area contributed by atoms with Gasteiger partial charge in [0.2, 0.25) is 0 Å². The number of anilines is 1. The van der Waals surface area contributed by atoms with Gasteiger partial charge in [-0.25, -0.2) is 9.78 Å². The first kappa shape index (κ1) is 17.0. The van der Waals surface area contributed by atoms with Gasteiger partial charge in [-0.3, -0.25) is 0 Å². The molecule has 2 aromatic rings. The van der Waals surface area contributed by atoms with Crippen molar-refractivity contribution in [1.82, 2.24) is 15.2 Å².